The van der Waals surface area contributed by atoms with Gasteiger partial charge in [0.2, 0.25) is 11.6 Å². The van der Waals surface area contributed by atoms with E-state index in [1.54, 1.807) is 0 Å². The van der Waals surface area contributed by atoms with Crippen molar-refractivity contribution in [3.05, 3.63) is 189 Å². The number of Topliss-reactive ketones (excluding diaryl/α,β-unsaturated/α-hetero) is 2. The second-order valence-electron chi connectivity index (χ2n) is 19.0. The van der Waals surface area contributed by atoms with Crippen LogP contribution in [-0.4, -0.2) is 62.2 Å². The van der Waals surface area contributed by atoms with Crippen LogP contribution >= 0.6 is 0 Å². The summed E-state index contributed by atoms with van der Waals surface area (Å²) in [6.45, 7) is 20.5. The zero-order valence-electron chi connectivity index (χ0n) is 41.0. The van der Waals surface area contributed by atoms with Gasteiger partial charge in [-0.1, -0.05) is 184 Å². The lowest BCUT2D eigenvalue weighted by Gasteiger charge is -2.36. The number of hydrogen-bond donors (Lipinski definition) is 2. The molecule has 0 radical (unpaired) electrons. The lowest BCUT2D eigenvalue weighted by molar-refractivity contribution is -0.121. The van der Waals surface area contributed by atoms with Gasteiger partial charge in [-0.15, -0.1) is 20.4 Å². The molecule has 12 heteroatoms. The van der Waals surface area contributed by atoms with Gasteiger partial charge in [0.1, 0.15) is 12.1 Å². The van der Waals surface area contributed by atoms with Crippen molar-refractivity contribution in [3.63, 3.8) is 0 Å². The number of tetrazole rings is 2. The monoisotopic (exact) mass is 913 g/mol. The van der Waals surface area contributed by atoms with E-state index in [0.29, 0.717) is 35.6 Å². The minimum absolute atomic E-state index is 0.0130. The van der Waals surface area contributed by atoms with Crippen LogP contribution in [0.4, 0.5) is 0 Å². The summed E-state index contributed by atoms with van der Waals surface area (Å²) in [4.78, 5) is 30.1. The highest BCUT2D eigenvalue weighted by Gasteiger charge is 2.41. The van der Waals surface area contributed by atoms with E-state index in [9.17, 15) is 19.8 Å². The van der Waals surface area contributed by atoms with E-state index in [1.165, 1.54) is 9.59 Å². The van der Waals surface area contributed by atoms with Gasteiger partial charge >= 0.3 is 0 Å². The van der Waals surface area contributed by atoms with Crippen molar-refractivity contribution >= 4 is 11.6 Å². The molecule has 2 unspecified atom stereocenters. The summed E-state index contributed by atoms with van der Waals surface area (Å²) in [5.41, 5.74) is 10.3. The zero-order chi connectivity index (χ0) is 49.2. The smallest absolute Gasteiger partial charge is 0.204 e. The van der Waals surface area contributed by atoms with Gasteiger partial charge in [-0.05, 0) is 109 Å². The van der Waals surface area contributed by atoms with Gasteiger partial charge in [0.15, 0.2) is 11.6 Å². The number of aliphatic hydroxyl groups excluding tert-OH is 2. The molecule has 0 aliphatic heterocycles. The van der Waals surface area contributed by atoms with Crippen LogP contribution in [0.25, 0.3) is 22.8 Å². The summed E-state index contributed by atoms with van der Waals surface area (Å²) >= 11 is 0. The number of allylic oxidation sites excluding steroid dienone is 22. The second kappa shape index (κ2) is 22.2. The maximum Gasteiger partial charge on any atom is 0.204 e. The molecule has 0 saturated heterocycles. The maximum absolute atomic E-state index is 13.6. The number of ketones is 2. The third-order valence-corrected chi connectivity index (χ3v) is 12.5. The van der Waals surface area contributed by atoms with Gasteiger partial charge in [-0.3, -0.25) is 9.59 Å². The van der Waals surface area contributed by atoms with Crippen LogP contribution in [0, 0.1) is 10.8 Å². The van der Waals surface area contributed by atoms with Crippen molar-refractivity contribution in [2.45, 2.75) is 107 Å². The van der Waals surface area contributed by atoms with Crippen molar-refractivity contribution in [1.82, 2.24) is 40.4 Å². The van der Waals surface area contributed by atoms with Crippen molar-refractivity contribution in [3.8, 4) is 22.8 Å². The summed E-state index contributed by atoms with van der Waals surface area (Å²) in [5.74, 6) is 0.855. The van der Waals surface area contributed by atoms with Crippen molar-refractivity contribution in [1.29, 1.82) is 0 Å². The fraction of sp³-hybridized carbons (Fsp3) is 0.321. The summed E-state index contributed by atoms with van der Waals surface area (Å²) in [7, 11) is 0. The molecule has 2 N–H and O–H groups in total. The average Bonchev–Trinajstić information content (AvgIpc) is 4.02. The van der Waals surface area contributed by atoms with E-state index >= 15 is 0 Å². The predicted octanol–water partition coefficient (Wildman–Crippen LogP) is 11.0. The summed E-state index contributed by atoms with van der Waals surface area (Å²) < 4.78 is 0. The first-order valence-electron chi connectivity index (χ1n) is 23.0. The zero-order valence-corrected chi connectivity index (χ0v) is 41.0. The molecule has 2 heterocycles. The highest BCUT2D eigenvalue weighted by Crippen LogP contribution is 2.45. The fourth-order valence-corrected chi connectivity index (χ4v) is 8.46. The quantitative estimate of drug-likeness (QED) is 0.103. The van der Waals surface area contributed by atoms with Crippen LogP contribution in [-0.2, 0) is 22.8 Å². The Balaban J connectivity index is 0.996. The molecule has 2 aromatic heterocycles. The van der Waals surface area contributed by atoms with Gasteiger partial charge in [0.05, 0.1) is 13.2 Å². The number of carbonyl (C=O) groups excluding carboxylic acids is 2. The molecule has 0 amide bonds. The van der Waals surface area contributed by atoms with Crippen LogP contribution in [0.2, 0.25) is 0 Å². The standard InChI is InChI=1S/C56H64N8O4/c1-37(17-13-19-39(3)21-31-47-41(5)51(67)49(33-55(47,7)8)63-59-53(57-61-63)45-27-23-43(35-65)24-28-45)15-11-12-16-38(2)18-14-20-40(4)22-32-48-42(6)52(68)50(34-56(48,9)10)64-60-54(58-62-64)46-29-25-44(36-66)26-30-46/h11-32,49-50,65-66H,33-36H2,1-10H3. The second-order valence-corrected chi connectivity index (χ2v) is 19.0. The molecule has 0 fully saturated rings. The Hall–Kier alpha value is -7.02. The topological polar surface area (TPSA) is 162 Å². The van der Waals surface area contributed by atoms with Gasteiger partial charge in [-0.2, -0.15) is 9.59 Å². The SMILES string of the molecule is CC(C=CC=C(C)C=CC1=C(C)C(=O)C(n2nnc(-c3ccc(CO)cc3)n2)CC1(C)C)=CC=CC=C(C)C=CC=C(C)C=CC1=C(C)C(=O)C(n2nnc(-c3ccc(CO)cc3)n2)CC1(C)C. The van der Waals surface area contributed by atoms with Crippen LogP contribution < -0.4 is 0 Å². The Morgan fingerprint density at radius 2 is 0.897 bits per heavy atom. The van der Waals surface area contributed by atoms with Crippen LogP contribution in [0.3, 0.4) is 0 Å². The fourth-order valence-electron chi connectivity index (χ4n) is 8.46. The van der Waals surface area contributed by atoms with E-state index < -0.39 is 12.1 Å². The minimum atomic E-state index is -0.542. The number of nitrogens with zero attached hydrogens (tertiary/aromatic N) is 8. The Morgan fingerprint density at radius 1 is 0.559 bits per heavy atom. The average molecular weight is 913 g/mol. The molecule has 12 nitrogen and oxygen atoms in total. The molecular formula is C56H64N8O4. The van der Waals surface area contributed by atoms with E-state index in [-0.39, 0.29) is 35.6 Å². The summed E-state index contributed by atoms with van der Waals surface area (Å²) in [6, 6.07) is 13.6. The molecule has 6 rings (SSSR count). The molecule has 2 aromatic carbocycles. The van der Waals surface area contributed by atoms with Crippen LogP contribution in [0.1, 0.15) is 105 Å². The van der Waals surface area contributed by atoms with Crippen LogP contribution in [0.5, 0.6) is 0 Å². The Morgan fingerprint density at radius 3 is 1.25 bits per heavy atom. The van der Waals surface area contributed by atoms with Crippen molar-refractivity contribution in [2.75, 3.05) is 0 Å². The molecule has 2 aliphatic carbocycles. The number of carbonyl (C=O) groups is 2. The minimum Gasteiger partial charge on any atom is -0.392 e. The van der Waals surface area contributed by atoms with Gasteiger partial charge < -0.3 is 10.2 Å². The number of rotatable bonds is 16. The lowest BCUT2D eigenvalue weighted by atomic mass is 9.70. The Labute approximate surface area is 400 Å². The Bertz CT molecular complexity index is 2650. The maximum atomic E-state index is 13.6. The largest absolute Gasteiger partial charge is 0.392 e. The highest BCUT2D eigenvalue weighted by atomic mass is 16.3. The van der Waals surface area contributed by atoms with Gasteiger partial charge in [0.25, 0.3) is 0 Å². The van der Waals surface area contributed by atoms with E-state index in [0.717, 1.165) is 55.7 Å². The van der Waals surface area contributed by atoms with Crippen molar-refractivity contribution < 1.29 is 19.8 Å². The van der Waals surface area contributed by atoms with E-state index in [1.807, 2.05) is 101 Å². The lowest BCUT2D eigenvalue weighted by Crippen LogP contribution is -2.35. The van der Waals surface area contributed by atoms with Crippen molar-refractivity contribution in [2.24, 2.45) is 10.8 Å². The molecular weight excluding hydrogens is 849 g/mol. The molecule has 2 aliphatic rings. The first-order valence-corrected chi connectivity index (χ1v) is 23.0. The number of aliphatic hydroxyl groups is 2. The predicted molar refractivity (Wildman–Crippen MR) is 269 cm³/mol. The van der Waals surface area contributed by atoms with Gasteiger partial charge in [0, 0.05) is 11.1 Å². The number of benzene rings is 2. The first-order chi connectivity index (χ1) is 32.4. The number of aromatic nitrogens is 8. The molecule has 352 valence electrons. The number of hydrogen-bond acceptors (Lipinski definition) is 10. The molecule has 0 saturated carbocycles. The van der Waals surface area contributed by atoms with E-state index in [2.05, 4.69) is 133 Å². The molecule has 0 spiro atoms. The first kappa shape index (κ1) is 50.4. The Kier molecular flexibility index (Phi) is 16.4. The third kappa shape index (κ3) is 12.5. The molecule has 0 bridgehead atoms. The van der Waals surface area contributed by atoms with Gasteiger partial charge in [-0.25, -0.2) is 0 Å². The summed E-state index contributed by atoms with van der Waals surface area (Å²) in [6.07, 6.45) is 29.8. The normalized spacial score (nSPS) is 20.0. The molecule has 2 atom stereocenters. The van der Waals surface area contributed by atoms with Crippen LogP contribution in [0.15, 0.2) is 178 Å². The highest BCUT2D eigenvalue weighted by molar-refractivity contribution is 6.00. The molecule has 68 heavy (non-hydrogen) atoms. The molecule has 4 aromatic rings. The van der Waals surface area contributed by atoms with E-state index in [4.69, 9.17) is 0 Å². The summed E-state index contributed by atoms with van der Waals surface area (Å²) in [5, 5.41) is 44.8. The third-order valence-electron chi connectivity index (χ3n) is 12.5.